The number of amides is 1. The summed E-state index contributed by atoms with van der Waals surface area (Å²) in [4.78, 5) is 33.2. The fourth-order valence-corrected chi connectivity index (χ4v) is 5.90. The maximum Gasteiger partial charge on any atom is 0.301 e. The highest BCUT2D eigenvalue weighted by Crippen LogP contribution is 2.45. The molecule has 1 saturated heterocycles. The Labute approximate surface area is 229 Å². The number of aryl methyl sites for hydroxylation is 1. The standard InChI is InChI=1S/C30H26N2O6S/c1-3-17-5-7-18(8-6-17)26-25(27(33)19-9-12-22-23(15-19)38-14-13-37-22)28(34)29(35)32(26)30-31-21-11-10-20(36-4-2)16-24(21)39-30/h5-12,15-16,26,33H,3-4,13-14H2,1-2H3/b27-25+/t26-/m0/s1. The third-order valence-electron chi connectivity index (χ3n) is 6.83. The van der Waals surface area contributed by atoms with E-state index >= 15 is 0 Å². The van der Waals surface area contributed by atoms with Crippen molar-refractivity contribution in [1.82, 2.24) is 4.98 Å². The number of carbonyl (C=O) groups excluding carboxylic acids is 2. The summed E-state index contributed by atoms with van der Waals surface area (Å²) in [5.41, 5.74) is 2.85. The number of carbonyl (C=O) groups is 2. The number of aromatic nitrogens is 1. The molecule has 0 saturated carbocycles. The Kier molecular flexibility index (Phi) is 6.44. The normalized spacial score (nSPS) is 18.1. The highest BCUT2D eigenvalue weighted by molar-refractivity contribution is 7.22. The first-order valence-electron chi connectivity index (χ1n) is 12.8. The first-order valence-corrected chi connectivity index (χ1v) is 13.6. The molecule has 39 heavy (non-hydrogen) atoms. The maximum absolute atomic E-state index is 13.6. The summed E-state index contributed by atoms with van der Waals surface area (Å²) in [5.74, 6) is -0.0702. The highest BCUT2D eigenvalue weighted by atomic mass is 32.1. The van der Waals surface area contributed by atoms with Crippen molar-refractivity contribution in [2.24, 2.45) is 0 Å². The molecule has 1 fully saturated rings. The second kappa shape index (κ2) is 10.1. The lowest BCUT2D eigenvalue weighted by Crippen LogP contribution is -2.29. The van der Waals surface area contributed by atoms with E-state index in [4.69, 9.17) is 14.2 Å². The quantitative estimate of drug-likeness (QED) is 0.191. The van der Waals surface area contributed by atoms with Gasteiger partial charge in [-0.2, -0.15) is 0 Å². The van der Waals surface area contributed by atoms with Crippen LogP contribution >= 0.6 is 11.3 Å². The number of ketones is 1. The van der Waals surface area contributed by atoms with E-state index < -0.39 is 17.7 Å². The third kappa shape index (κ3) is 4.38. The van der Waals surface area contributed by atoms with Gasteiger partial charge in [0.1, 0.15) is 24.7 Å². The second-order valence-corrected chi connectivity index (χ2v) is 10.2. The molecular weight excluding hydrogens is 516 g/mol. The van der Waals surface area contributed by atoms with E-state index in [-0.39, 0.29) is 11.3 Å². The van der Waals surface area contributed by atoms with Crippen molar-refractivity contribution in [2.75, 3.05) is 24.7 Å². The molecule has 3 aromatic carbocycles. The molecule has 0 aliphatic carbocycles. The first kappa shape index (κ1) is 24.9. The van der Waals surface area contributed by atoms with Crippen molar-refractivity contribution in [3.05, 3.63) is 82.9 Å². The molecule has 2 aliphatic heterocycles. The number of fused-ring (bicyclic) bond motifs is 2. The fourth-order valence-electron chi connectivity index (χ4n) is 4.88. The van der Waals surface area contributed by atoms with Crippen LogP contribution < -0.4 is 19.1 Å². The van der Waals surface area contributed by atoms with E-state index in [2.05, 4.69) is 11.9 Å². The topological polar surface area (TPSA) is 98.2 Å². The molecule has 0 spiro atoms. The van der Waals surface area contributed by atoms with Gasteiger partial charge in [0, 0.05) is 5.56 Å². The minimum absolute atomic E-state index is 0.00446. The molecule has 1 N–H and O–H groups in total. The summed E-state index contributed by atoms with van der Waals surface area (Å²) < 4.78 is 17.7. The number of Topliss-reactive ketones (excluding diaryl/α,β-unsaturated/α-hetero) is 1. The van der Waals surface area contributed by atoms with Gasteiger partial charge in [0.15, 0.2) is 16.6 Å². The summed E-state index contributed by atoms with van der Waals surface area (Å²) in [7, 11) is 0. The molecule has 6 rings (SSSR count). The first-order chi connectivity index (χ1) is 19.0. The van der Waals surface area contributed by atoms with E-state index in [1.54, 1.807) is 18.2 Å². The van der Waals surface area contributed by atoms with Gasteiger partial charge in [0.05, 0.1) is 28.4 Å². The van der Waals surface area contributed by atoms with Crippen LogP contribution in [0, 0.1) is 0 Å². The predicted octanol–water partition coefficient (Wildman–Crippen LogP) is 5.65. The highest BCUT2D eigenvalue weighted by Gasteiger charge is 2.48. The summed E-state index contributed by atoms with van der Waals surface area (Å²) >= 11 is 1.30. The third-order valence-corrected chi connectivity index (χ3v) is 7.85. The monoisotopic (exact) mass is 542 g/mol. The van der Waals surface area contributed by atoms with Crippen molar-refractivity contribution in [3.8, 4) is 17.2 Å². The fraction of sp³-hybridized carbons (Fsp3) is 0.233. The van der Waals surface area contributed by atoms with Gasteiger partial charge in [-0.05, 0) is 60.9 Å². The SMILES string of the molecule is CCOc1ccc2nc(N3C(=O)C(=O)/C(=C(/O)c4ccc5c(c4)OCCO5)[C@@H]3c3ccc(CC)cc3)sc2c1. The van der Waals surface area contributed by atoms with Crippen LogP contribution in [0.15, 0.2) is 66.2 Å². The number of aliphatic hydroxyl groups excluding tert-OH is 1. The number of hydrogen-bond donors (Lipinski definition) is 1. The Morgan fingerprint density at radius 1 is 1.03 bits per heavy atom. The molecule has 3 heterocycles. The van der Waals surface area contributed by atoms with Crippen molar-refractivity contribution in [2.45, 2.75) is 26.3 Å². The predicted molar refractivity (Wildman–Crippen MR) is 149 cm³/mol. The smallest absolute Gasteiger partial charge is 0.301 e. The zero-order valence-corrected chi connectivity index (χ0v) is 22.3. The van der Waals surface area contributed by atoms with E-state index in [9.17, 15) is 14.7 Å². The van der Waals surface area contributed by atoms with Crippen LogP contribution in [0.5, 0.6) is 17.2 Å². The number of nitrogens with zero attached hydrogens (tertiary/aromatic N) is 2. The minimum atomic E-state index is -0.865. The average Bonchev–Trinajstić information content (AvgIpc) is 3.50. The van der Waals surface area contributed by atoms with Crippen LogP contribution in [0.4, 0.5) is 5.13 Å². The zero-order valence-electron chi connectivity index (χ0n) is 21.5. The second-order valence-electron chi connectivity index (χ2n) is 9.18. The molecule has 0 bridgehead atoms. The van der Waals surface area contributed by atoms with Crippen LogP contribution in [0.2, 0.25) is 0 Å². The molecule has 198 valence electrons. The average molecular weight is 543 g/mol. The number of rotatable bonds is 6. The molecule has 2 aliphatic rings. The maximum atomic E-state index is 13.6. The molecule has 1 aromatic heterocycles. The Hall–Kier alpha value is -4.37. The number of thiazole rings is 1. The van der Waals surface area contributed by atoms with Crippen LogP contribution in [-0.2, 0) is 16.0 Å². The van der Waals surface area contributed by atoms with E-state index in [1.165, 1.54) is 16.2 Å². The molecule has 4 aromatic rings. The van der Waals surface area contributed by atoms with Crippen molar-refractivity contribution >= 4 is 44.1 Å². The van der Waals surface area contributed by atoms with Crippen molar-refractivity contribution in [3.63, 3.8) is 0 Å². The number of aliphatic hydroxyl groups is 1. The summed E-state index contributed by atoms with van der Waals surface area (Å²) in [6.07, 6.45) is 0.845. The number of anilines is 1. The summed E-state index contributed by atoms with van der Waals surface area (Å²) in [6.45, 7) is 5.31. The van der Waals surface area contributed by atoms with Crippen molar-refractivity contribution < 1.29 is 28.9 Å². The van der Waals surface area contributed by atoms with E-state index in [1.807, 2.05) is 49.4 Å². The zero-order chi connectivity index (χ0) is 27.1. The summed E-state index contributed by atoms with van der Waals surface area (Å²) in [5, 5.41) is 11.9. The van der Waals surface area contributed by atoms with Gasteiger partial charge in [-0.1, -0.05) is 42.5 Å². The van der Waals surface area contributed by atoms with Gasteiger partial charge in [0.25, 0.3) is 5.78 Å². The van der Waals surface area contributed by atoms with Gasteiger partial charge < -0.3 is 19.3 Å². The Bertz CT molecular complexity index is 1620. The Morgan fingerprint density at radius 2 is 1.79 bits per heavy atom. The lowest BCUT2D eigenvalue weighted by atomic mass is 9.94. The Balaban J connectivity index is 1.50. The number of ether oxygens (including phenoxy) is 3. The number of benzene rings is 3. The molecule has 1 amide bonds. The van der Waals surface area contributed by atoms with Gasteiger partial charge in [0.2, 0.25) is 0 Å². The molecule has 0 radical (unpaired) electrons. The largest absolute Gasteiger partial charge is 0.507 e. The van der Waals surface area contributed by atoms with Gasteiger partial charge >= 0.3 is 5.91 Å². The van der Waals surface area contributed by atoms with E-state index in [0.717, 1.165) is 16.7 Å². The molecule has 8 nitrogen and oxygen atoms in total. The van der Waals surface area contributed by atoms with Gasteiger partial charge in [-0.25, -0.2) is 4.98 Å². The van der Waals surface area contributed by atoms with Crippen LogP contribution in [0.3, 0.4) is 0 Å². The van der Waals surface area contributed by atoms with Crippen molar-refractivity contribution in [1.29, 1.82) is 0 Å². The van der Waals surface area contributed by atoms with E-state index in [0.29, 0.717) is 58.8 Å². The molecule has 9 heteroatoms. The van der Waals surface area contributed by atoms with Gasteiger partial charge in [-0.15, -0.1) is 0 Å². The minimum Gasteiger partial charge on any atom is -0.507 e. The number of hydrogen-bond acceptors (Lipinski definition) is 8. The lowest BCUT2D eigenvalue weighted by Gasteiger charge is -2.23. The van der Waals surface area contributed by atoms with Crippen LogP contribution in [-0.4, -0.2) is 41.6 Å². The van der Waals surface area contributed by atoms with Crippen LogP contribution in [0.25, 0.3) is 16.0 Å². The Morgan fingerprint density at radius 3 is 2.54 bits per heavy atom. The lowest BCUT2D eigenvalue weighted by molar-refractivity contribution is -0.132. The van der Waals surface area contributed by atoms with Crippen LogP contribution in [0.1, 0.15) is 36.6 Å². The molecule has 1 atom stereocenters. The summed E-state index contributed by atoms with van der Waals surface area (Å²) in [6, 6.07) is 17.3. The van der Waals surface area contributed by atoms with Gasteiger partial charge in [-0.3, -0.25) is 14.5 Å². The molecular formula is C30H26N2O6S. The molecule has 0 unspecified atom stereocenters.